The number of hydrogen-bond donors (Lipinski definition) is 4. The molecule has 2 heterocycles. The average molecular weight is 194 g/mol. The summed E-state index contributed by atoms with van der Waals surface area (Å²) < 4.78 is 13.5. The maximum Gasteiger partial charge on any atom is 0.244 e. The number of epoxide rings is 2. The predicted octanol–water partition coefficient (Wildman–Crippen LogP) is -2.92. The lowest BCUT2D eigenvalue weighted by Crippen LogP contribution is -2.28. The van der Waals surface area contributed by atoms with E-state index in [-0.39, 0.29) is 13.2 Å². The van der Waals surface area contributed by atoms with Gasteiger partial charge in [0.05, 0.1) is 0 Å². The molecule has 0 aromatic carbocycles. The van der Waals surface area contributed by atoms with Gasteiger partial charge in [0.15, 0.2) is 0 Å². The Balaban J connectivity index is 1.65. The van der Waals surface area contributed by atoms with Gasteiger partial charge in [-0.3, -0.25) is 0 Å². The van der Waals surface area contributed by atoms with Crippen molar-refractivity contribution in [1.82, 2.24) is 0 Å². The molecule has 2 saturated heterocycles. The summed E-state index contributed by atoms with van der Waals surface area (Å²) in [6.45, 7) is -0.570. The van der Waals surface area contributed by atoms with Gasteiger partial charge in [-0.25, -0.2) is 0 Å². The third kappa shape index (κ3) is 1.67. The number of rotatable bonds is 4. The second-order valence-electron chi connectivity index (χ2n) is 3.12. The summed E-state index contributed by atoms with van der Waals surface area (Å²) in [5.74, 6) is -3.34. The monoisotopic (exact) mass is 194 g/mol. The van der Waals surface area contributed by atoms with E-state index in [2.05, 4.69) is 9.47 Å². The molecule has 4 atom stereocenters. The third-order valence-electron chi connectivity index (χ3n) is 1.91. The summed E-state index contributed by atoms with van der Waals surface area (Å²) >= 11 is 0. The van der Waals surface area contributed by atoms with E-state index in [0.29, 0.717) is 0 Å². The molecule has 7 heteroatoms. The van der Waals surface area contributed by atoms with E-state index in [4.69, 9.17) is 25.2 Å². The molecule has 7 nitrogen and oxygen atoms in total. The van der Waals surface area contributed by atoms with Crippen LogP contribution in [-0.4, -0.2) is 57.8 Å². The fourth-order valence-corrected chi connectivity index (χ4v) is 0.873. The highest BCUT2D eigenvalue weighted by atomic mass is 16.8. The van der Waals surface area contributed by atoms with Crippen LogP contribution >= 0.6 is 0 Å². The Hall–Kier alpha value is -0.280. The minimum absolute atomic E-state index is 0.285. The largest absolute Gasteiger partial charge is 0.370 e. The number of aliphatic hydroxyl groups excluding tert-OH is 2. The Kier molecular flexibility index (Phi) is 1.86. The summed E-state index contributed by atoms with van der Waals surface area (Å²) in [6, 6.07) is 0. The van der Waals surface area contributed by atoms with Gasteiger partial charge in [-0.1, -0.05) is 0 Å². The molecular formula is C6H10O7. The highest BCUT2D eigenvalue weighted by molar-refractivity contribution is 4.87. The summed E-state index contributed by atoms with van der Waals surface area (Å²) in [5.41, 5.74) is 0. The van der Waals surface area contributed by atoms with Gasteiger partial charge in [0.1, 0.15) is 13.2 Å². The molecule has 13 heavy (non-hydrogen) atoms. The van der Waals surface area contributed by atoms with Gasteiger partial charge in [-0.15, -0.1) is 0 Å². The van der Waals surface area contributed by atoms with E-state index in [9.17, 15) is 0 Å². The molecule has 2 fully saturated rings. The first kappa shape index (κ1) is 9.28. The van der Waals surface area contributed by atoms with Crippen LogP contribution in [0, 0.1) is 0 Å². The maximum absolute atomic E-state index is 9.10. The van der Waals surface area contributed by atoms with Crippen molar-refractivity contribution in [3.63, 3.8) is 0 Å². The van der Waals surface area contributed by atoms with E-state index in [1.807, 2.05) is 0 Å². The van der Waals surface area contributed by atoms with E-state index < -0.39 is 24.2 Å². The number of aliphatic hydroxyl groups is 4. The Bertz CT molecular complexity index is 199. The molecule has 0 aromatic heterocycles. The maximum atomic E-state index is 9.10. The van der Waals surface area contributed by atoms with Crippen molar-refractivity contribution in [2.45, 2.75) is 24.2 Å². The van der Waals surface area contributed by atoms with Crippen LogP contribution in [0.3, 0.4) is 0 Å². The van der Waals surface area contributed by atoms with Gasteiger partial charge < -0.3 is 34.6 Å². The van der Waals surface area contributed by atoms with Crippen molar-refractivity contribution in [3.05, 3.63) is 0 Å². The molecule has 2 aliphatic heterocycles. The smallest absolute Gasteiger partial charge is 0.244 e. The zero-order valence-corrected chi connectivity index (χ0v) is 6.58. The molecule has 2 aliphatic rings. The standard InChI is InChI=1S/C6H10O7/c7-3-5(9,12-3)1-11-2-6(10)4(8)13-6/h3-4,7-10H,1-2H2. The summed E-state index contributed by atoms with van der Waals surface area (Å²) in [4.78, 5) is 0. The zero-order chi connectivity index (χ0) is 9.69. The first-order chi connectivity index (χ1) is 5.96. The molecule has 0 spiro atoms. The van der Waals surface area contributed by atoms with Crippen LogP contribution < -0.4 is 0 Å². The fraction of sp³-hybridized carbons (Fsp3) is 1.00. The molecule has 0 aliphatic carbocycles. The van der Waals surface area contributed by atoms with Crippen molar-refractivity contribution in [3.8, 4) is 0 Å². The van der Waals surface area contributed by atoms with Gasteiger partial charge >= 0.3 is 0 Å². The molecule has 4 N–H and O–H groups in total. The van der Waals surface area contributed by atoms with E-state index >= 15 is 0 Å². The number of ether oxygens (including phenoxy) is 3. The van der Waals surface area contributed by atoms with Gasteiger partial charge in [0.25, 0.3) is 0 Å². The zero-order valence-electron chi connectivity index (χ0n) is 6.58. The average Bonchev–Trinajstić information content (AvgIpc) is 2.77. The van der Waals surface area contributed by atoms with Crippen LogP contribution in [0.2, 0.25) is 0 Å². The second kappa shape index (κ2) is 2.61. The fourth-order valence-electron chi connectivity index (χ4n) is 0.873. The van der Waals surface area contributed by atoms with Crippen LogP contribution in [0.5, 0.6) is 0 Å². The summed E-state index contributed by atoms with van der Waals surface area (Å²) in [7, 11) is 0. The van der Waals surface area contributed by atoms with Gasteiger partial charge in [0.2, 0.25) is 24.2 Å². The molecule has 2 rings (SSSR count). The lowest BCUT2D eigenvalue weighted by Gasteiger charge is -2.07. The quantitative estimate of drug-likeness (QED) is 0.354. The molecule has 0 aromatic rings. The molecule has 0 amide bonds. The summed E-state index contributed by atoms with van der Waals surface area (Å²) in [6.07, 6.45) is -2.49. The van der Waals surface area contributed by atoms with Crippen LogP contribution in [0.15, 0.2) is 0 Å². The highest BCUT2D eigenvalue weighted by Crippen LogP contribution is 2.34. The van der Waals surface area contributed by atoms with Crippen LogP contribution in [-0.2, 0) is 14.2 Å². The van der Waals surface area contributed by atoms with E-state index in [1.54, 1.807) is 0 Å². The van der Waals surface area contributed by atoms with Crippen LogP contribution in [0.25, 0.3) is 0 Å². The van der Waals surface area contributed by atoms with Gasteiger partial charge in [-0.2, -0.15) is 0 Å². The molecule has 0 bridgehead atoms. The minimum Gasteiger partial charge on any atom is -0.370 e. The molecule has 0 saturated carbocycles. The van der Waals surface area contributed by atoms with Crippen molar-refractivity contribution in [2.75, 3.05) is 13.2 Å². The highest BCUT2D eigenvalue weighted by Gasteiger charge is 2.58. The van der Waals surface area contributed by atoms with Crippen LogP contribution in [0.4, 0.5) is 0 Å². The normalized spacial score (nSPS) is 53.5. The Morgan fingerprint density at radius 2 is 1.31 bits per heavy atom. The van der Waals surface area contributed by atoms with Crippen molar-refractivity contribution >= 4 is 0 Å². The Labute approximate surface area is 73.1 Å². The Morgan fingerprint density at radius 1 is 1.00 bits per heavy atom. The first-order valence-electron chi connectivity index (χ1n) is 3.71. The third-order valence-corrected chi connectivity index (χ3v) is 1.91. The van der Waals surface area contributed by atoms with Gasteiger partial charge in [-0.05, 0) is 0 Å². The minimum atomic E-state index is -1.67. The molecule has 76 valence electrons. The van der Waals surface area contributed by atoms with E-state index in [0.717, 1.165) is 0 Å². The molecule has 0 radical (unpaired) electrons. The second-order valence-corrected chi connectivity index (χ2v) is 3.12. The lowest BCUT2D eigenvalue weighted by molar-refractivity contribution is -0.0946. The lowest BCUT2D eigenvalue weighted by atomic mass is 10.4. The Morgan fingerprint density at radius 3 is 1.54 bits per heavy atom. The predicted molar refractivity (Wildman–Crippen MR) is 34.9 cm³/mol. The van der Waals surface area contributed by atoms with Crippen molar-refractivity contribution < 1.29 is 34.6 Å². The topological polar surface area (TPSA) is 115 Å². The van der Waals surface area contributed by atoms with Gasteiger partial charge in [0, 0.05) is 0 Å². The van der Waals surface area contributed by atoms with Crippen molar-refractivity contribution in [2.24, 2.45) is 0 Å². The number of hydrogen-bond acceptors (Lipinski definition) is 7. The first-order valence-corrected chi connectivity index (χ1v) is 3.71. The SMILES string of the molecule is OC1OC1(O)COCC1(O)OC1O. The summed E-state index contributed by atoms with van der Waals surface area (Å²) in [5, 5.41) is 35.6. The van der Waals surface area contributed by atoms with Crippen LogP contribution in [0.1, 0.15) is 0 Å². The van der Waals surface area contributed by atoms with E-state index in [1.165, 1.54) is 0 Å². The molecular weight excluding hydrogens is 184 g/mol. The molecule has 4 unspecified atom stereocenters. The van der Waals surface area contributed by atoms with Crippen molar-refractivity contribution in [1.29, 1.82) is 0 Å².